The fourth-order valence-electron chi connectivity index (χ4n) is 1.53. The zero-order valence-corrected chi connectivity index (χ0v) is 9.87. The van der Waals surface area contributed by atoms with Crippen LogP contribution in [0.3, 0.4) is 0 Å². The third-order valence-corrected chi connectivity index (χ3v) is 2.25. The number of carbonyl (C=O) groups is 1. The van der Waals surface area contributed by atoms with Crippen molar-refractivity contribution in [3.63, 3.8) is 0 Å². The fourth-order valence-corrected chi connectivity index (χ4v) is 1.53. The van der Waals surface area contributed by atoms with Gasteiger partial charge in [0.05, 0.1) is 20.1 Å². The van der Waals surface area contributed by atoms with Crippen LogP contribution in [0.4, 0.5) is 5.69 Å². The molecule has 0 unspecified atom stereocenters. The molecule has 0 saturated heterocycles. The summed E-state index contributed by atoms with van der Waals surface area (Å²) in [5, 5.41) is 3.03. The number of methoxy groups -OCH3 is 1. The molecule has 4 heteroatoms. The Bertz CT molecular complexity index is 341. The number of hydrogen-bond acceptors (Lipinski definition) is 4. The molecule has 0 aliphatic heterocycles. The summed E-state index contributed by atoms with van der Waals surface area (Å²) in [6.07, 6.45) is 0.216. The smallest absolute Gasteiger partial charge is 0.310 e. The van der Waals surface area contributed by atoms with Crippen LogP contribution in [0.15, 0.2) is 18.2 Å². The fraction of sp³-hybridized carbons (Fsp3) is 0.417. The molecule has 16 heavy (non-hydrogen) atoms. The van der Waals surface area contributed by atoms with E-state index in [4.69, 9.17) is 9.47 Å². The number of esters is 1. The van der Waals surface area contributed by atoms with Crippen LogP contribution in [0, 0.1) is 0 Å². The minimum atomic E-state index is -0.247. The van der Waals surface area contributed by atoms with Gasteiger partial charge in [0.15, 0.2) is 0 Å². The molecular weight excluding hydrogens is 206 g/mol. The molecule has 0 atom stereocenters. The van der Waals surface area contributed by atoms with Gasteiger partial charge in [0.25, 0.3) is 0 Å². The molecule has 0 fully saturated rings. The largest absolute Gasteiger partial charge is 0.496 e. The predicted octanol–water partition coefficient (Wildman–Crippen LogP) is 1.84. The number of benzene rings is 1. The number of carbonyl (C=O) groups excluding carboxylic acids is 1. The van der Waals surface area contributed by atoms with E-state index in [1.807, 2.05) is 25.2 Å². The van der Waals surface area contributed by atoms with Gasteiger partial charge in [0, 0.05) is 18.3 Å². The van der Waals surface area contributed by atoms with Crippen molar-refractivity contribution in [2.24, 2.45) is 0 Å². The van der Waals surface area contributed by atoms with E-state index in [0.29, 0.717) is 12.4 Å². The Morgan fingerprint density at radius 1 is 1.44 bits per heavy atom. The van der Waals surface area contributed by atoms with Crippen LogP contribution in [0.2, 0.25) is 0 Å². The lowest BCUT2D eigenvalue weighted by Gasteiger charge is -2.12. The zero-order chi connectivity index (χ0) is 12.0. The summed E-state index contributed by atoms with van der Waals surface area (Å²) in [5.41, 5.74) is 1.71. The SMILES string of the molecule is CCOC(=O)Cc1c(NC)cccc1OC. The van der Waals surface area contributed by atoms with Crippen LogP contribution < -0.4 is 10.1 Å². The van der Waals surface area contributed by atoms with Gasteiger partial charge in [-0.3, -0.25) is 4.79 Å². The Labute approximate surface area is 95.6 Å². The molecule has 88 valence electrons. The molecule has 1 rings (SSSR count). The van der Waals surface area contributed by atoms with E-state index in [1.165, 1.54) is 0 Å². The second-order valence-corrected chi connectivity index (χ2v) is 3.22. The molecule has 0 aliphatic carbocycles. The minimum absolute atomic E-state index is 0.216. The van der Waals surface area contributed by atoms with E-state index in [-0.39, 0.29) is 12.4 Å². The zero-order valence-electron chi connectivity index (χ0n) is 9.87. The van der Waals surface area contributed by atoms with Gasteiger partial charge in [-0.1, -0.05) is 6.07 Å². The van der Waals surface area contributed by atoms with Crippen molar-refractivity contribution >= 4 is 11.7 Å². The van der Waals surface area contributed by atoms with Crippen molar-refractivity contribution in [2.75, 3.05) is 26.1 Å². The van der Waals surface area contributed by atoms with Crippen LogP contribution in [0.5, 0.6) is 5.75 Å². The number of hydrogen-bond donors (Lipinski definition) is 1. The molecule has 0 radical (unpaired) electrons. The molecule has 1 N–H and O–H groups in total. The number of nitrogens with one attached hydrogen (secondary N) is 1. The molecule has 0 spiro atoms. The van der Waals surface area contributed by atoms with Crippen LogP contribution in [0.1, 0.15) is 12.5 Å². The highest BCUT2D eigenvalue weighted by molar-refractivity contribution is 5.77. The monoisotopic (exact) mass is 223 g/mol. The van der Waals surface area contributed by atoms with E-state index in [1.54, 1.807) is 14.0 Å². The van der Waals surface area contributed by atoms with Gasteiger partial charge < -0.3 is 14.8 Å². The normalized spacial score (nSPS) is 9.69. The maximum absolute atomic E-state index is 11.4. The highest BCUT2D eigenvalue weighted by atomic mass is 16.5. The molecule has 1 aromatic rings. The molecule has 0 aromatic heterocycles. The standard InChI is InChI=1S/C12H17NO3/c1-4-16-12(14)8-9-10(13-2)6-5-7-11(9)15-3/h5-7,13H,4,8H2,1-3H3. The van der Waals surface area contributed by atoms with Gasteiger partial charge in [0.2, 0.25) is 0 Å². The molecule has 4 nitrogen and oxygen atoms in total. The summed E-state index contributed by atoms with van der Waals surface area (Å²) in [4.78, 5) is 11.4. The third-order valence-electron chi connectivity index (χ3n) is 2.25. The molecule has 0 amide bonds. The molecular formula is C12H17NO3. The highest BCUT2D eigenvalue weighted by Gasteiger charge is 2.13. The second kappa shape index (κ2) is 6.00. The van der Waals surface area contributed by atoms with E-state index in [2.05, 4.69) is 5.32 Å². The summed E-state index contributed by atoms with van der Waals surface area (Å²) in [6, 6.07) is 5.60. The first-order chi connectivity index (χ1) is 7.72. The van der Waals surface area contributed by atoms with Crippen molar-refractivity contribution in [1.29, 1.82) is 0 Å². The first-order valence-electron chi connectivity index (χ1n) is 5.22. The number of ether oxygens (including phenoxy) is 2. The molecule has 0 heterocycles. The Hall–Kier alpha value is -1.71. The molecule has 0 aliphatic rings. The first kappa shape index (κ1) is 12.4. The lowest BCUT2D eigenvalue weighted by Crippen LogP contribution is -2.10. The quantitative estimate of drug-likeness (QED) is 0.774. The number of rotatable bonds is 5. The predicted molar refractivity (Wildman–Crippen MR) is 62.9 cm³/mol. The maximum atomic E-state index is 11.4. The molecule has 0 bridgehead atoms. The van der Waals surface area contributed by atoms with E-state index in [9.17, 15) is 4.79 Å². The first-order valence-corrected chi connectivity index (χ1v) is 5.22. The average molecular weight is 223 g/mol. The molecule has 1 aromatic carbocycles. The van der Waals surface area contributed by atoms with Gasteiger partial charge in [-0.25, -0.2) is 0 Å². The van der Waals surface area contributed by atoms with Gasteiger partial charge >= 0.3 is 5.97 Å². The topological polar surface area (TPSA) is 47.6 Å². The minimum Gasteiger partial charge on any atom is -0.496 e. The van der Waals surface area contributed by atoms with Crippen LogP contribution in [-0.4, -0.2) is 26.7 Å². The van der Waals surface area contributed by atoms with Crippen LogP contribution in [0.25, 0.3) is 0 Å². The Morgan fingerprint density at radius 3 is 2.75 bits per heavy atom. The van der Waals surface area contributed by atoms with Gasteiger partial charge in [-0.15, -0.1) is 0 Å². The van der Waals surface area contributed by atoms with Crippen LogP contribution >= 0.6 is 0 Å². The van der Waals surface area contributed by atoms with E-state index >= 15 is 0 Å². The Balaban J connectivity index is 2.95. The summed E-state index contributed by atoms with van der Waals surface area (Å²) in [7, 11) is 3.40. The summed E-state index contributed by atoms with van der Waals surface area (Å²) < 4.78 is 10.1. The summed E-state index contributed by atoms with van der Waals surface area (Å²) in [5.74, 6) is 0.448. The van der Waals surface area contributed by atoms with Gasteiger partial charge in [0.1, 0.15) is 5.75 Å². The van der Waals surface area contributed by atoms with Crippen molar-refractivity contribution in [2.45, 2.75) is 13.3 Å². The van der Waals surface area contributed by atoms with Gasteiger partial charge in [-0.2, -0.15) is 0 Å². The lowest BCUT2D eigenvalue weighted by atomic mass is 10.1. The van der Waals surface area contributed by atoms with Crippen LogP contribution in [-0.2, 0) is 16.0 Å². The van der Waals surface area contributed by atoms with Crippen molar-refractivity contribution in [1.82, 2.24) is 0 Å². The summed E-state index contributed by atoms with van der Waals surface area (Å²) >= 11 is 0. The van der Waals surface area contributed by atoms with E-state index < -0.39 is 0 Å². The third kappa shape index (κ3) is 2.89. The maximum Gasteiger partial charge on any atom is 0.310 e. The van der Waals surface area contributed by atoms with Crippen molar-refractivity contribution in [3.05, 3.63) is 23.8 Å². The Kier molecular flexibility index (Phi) is 4.64. The molecule has 0 saturated carbocycles. The second-order valence-electron chi connectivity index (χ2n) is 3.22. The van der Waals surface area contributed by atoms with Crippen molar-refractivity contribution < 1.29 is 14.3 Å². The van der Waals surface area contributed by atoms with Gasteiger partial charge in [-0.05, 0) is 19.1 Å². The summed E-state index contributed by atoms with van der Waals surface area (Å²) in [6.45, 7) is 2.18. The average Bonchev–Trinajstić information content (AvgIpc) is 2.29. The van der Waals surface area contributed by atoms with Crippen molar-refractivity contribution in [3.8, 4) is 5.75 Å². The lowest BCUT2D eigenvalue weighted by molar-refractivity contribution is -0.142. The number of anilines is 1. The highest BCUT2D eigenvalue weighted by Crippen LogP contribution is 2.26. The van der Waals surface area contributed by atoms with E-state index in [0.717, 1.165) is 11.3 Å². The Morgan fingerprint density at radius 2 is 2.19 bits per heavy atom.